The lowest BCUT2D eigenvalue weighted by Crippen LogP contribution is -2.41. The molecule has 0 bridgehead atoms. The van der Waals surface area contributed by atoms with E-state index in [-0.39, 0.29) is 5.91 Å². The molecule has 0 spiro atoms. The van der Waals surface area contributed by atoms with E-state index in [9.17, 15) is 9.59 Å². The number of fused-ring (bicyclic) bond motifs is 1. The molecule has 6 heteroatoms. The molecule has 2 amide bonds. The van der Waals surface area contributed by atoms with Gasteiger partial charge in [-0.2, -0.15) is 0 Å². The van der Waals surface area contributed by atoms with Crippen LogP contribution in [-0.4, -0.2) is 16.8 Å². The average Bonchev–Trinajstić information content (AvgIpc) is 3.03. The number of nitrogens with one attached hydrogen (secondary N) is 3. The van der Waals surface area contributed by atoms with Crippen molar-refractivity contribution in [3.63, 3.8) is 0 Å². The van der Waals surface area contributed by atoms with Crippen molar-refractivity contribution >= 4 is 22.7 Å². The number of aromatic amines is 1. The van der Waals surface area contributed by atoms with Gasteiger partial charge < -0.3 is 9.40 Å². The van der Waals surface area contributed by atoms with Gasteiger partial charge in [-0.1, -0.05) is 0 Å². The highest BCUT2D eigenvalue weighted by Crippen LogP contribution is 2.22. The molecule has 3 rings (SSSR count). The summed E-state index contributed by atoms with van der Waals surface area (Å²) in [5.41, 5.74) is 8.88. The summed E-state index contributed by atoms with van der Waals surface area (Å²) in [4.78, 5) is 27.6. The molecule has 3 N–H and O–H groups in total. The molecule has 24 heavy (non-hydrogen) atoms. The van der Waals surface area contributed by atoms with E-state index in [1.165, 1.54) is 0 Å². The quantitative estimate of drug-likeness (QED) is 0.633. The minimum absolute atomic E-state index is 0.374. The third kappa shape index (κ3) is 2.78. The van der Waals surface area contributed by atoms with Gasteiger partial charge in [-0.3, -0.25) is 20.4 Å². The van der Waals surface area contributed by atoms with Crippen LogP contribution >= 0.6 is 0 Å². The largest absolute Gasteiger partial charge is 0.466 e. The van der Waals surface area contributed by atoms with Crippen LogP contribution in [0.5, 0.6) is 0 Å². The van der Waals surface area contributed by atoms with Gasteiger partial charge in [-0.25, -0.2) is 0 Å². The summed E-state index contributed by atoms with van der Waals surface area (Å²) in [6.07, 6.45) is 0. The highest BCUT2D eigenvalue weighted by molar-refractivity contribution is 6.01. The van der Waals surface area contributed by atoms with E-state index in [1.54, 1.807) is 26.0 Å². The van der Waals surface area contributed by atoms with E-state index in [2.05, 4.69) is 15.8 Å². The van der Waals surface area contributed by atoms with Crippen molar-refractivity contribution in [2.45, 2.75) is 27.7 Å². The number of aryl methyl sites for hydroxylation is 4. The zero-order valence-electron chi connectivity index (χ0n) is 14.0. The Balaban J connectivity index is 1.74. The molecule has 2 aromatic heterocycles. The van der Waals surface area contributed by atoms with E-state index >= 15 is 0 Å². The maximum atomic E-state index is 12.3. The monoisotopic (exact) mass is 325 g/mol. The molecular weight excluding hydrogens is 306 g/mol. The van der Waals surface area contributed by atoms with Gasteiger partial charge in [-0.05, 0) is 57.5 Å². The number of carbonyl (C=O) groups is 2. The van der Waals surface area contributed by atoms with Crippen LogP contribution in [0.15, 0.2) is 28.7 Å². The fourth-order valence-corrected chi connectivity index (χ4v) is 2.71. The van der Waals surface area contributed by atoms with Crippen LogP contribution in [0, 0.1) is 27.7 Å². The number of aromatic nitrogens is 1. The second-order valence-corrected chi connectivity index (χ2v) is 5.87. The average molecular weight is 325 g/mol. The van der Waals surface area contributed by atoms with Crippen molar-refractivity contribution in [2.24, 2.45) is 0 Å². The van der Waals surface area contributed by atoms with Gasteiger partial charge in [0.15, 0.2) is 0 Å². The van der Waals surface area contributed by atoms with E-state index < -0.39 is 5.91 Å². The molecule has 1 aromatic carbocycles. The second-order valence-electron chi connectivity index (χ2n) is 5.87. The Hall–Kier alpha value is -3.02. The first-order chi connectivity index (χ1) is 11.4. The topological polar surface area (TPSA) is 87.1 Å². The summed E-state index contributed by atoms with van der Waals surface area (Å²) in [5, 5.41) is 0.993. The van der Waals surface area contributed by atoms with Crippen LogP contribution in [0.25, 0.3) is 10.9 Å². The summed E-state index contributed by atoms with van der Waals surface area (Å²) in [6, 6.07) is 7.01. The summed E-state index contributed by atoms with van der Waals surface area (Å²) in [7, 11) is 0. The van der Waals surface area contributed by atoms with Gasteiger partial charge in [0.1, 0.15) is 11.5 Å². The number of carbonyl (C=O) groups excluding carboxylic acids is 2. The molecular formula is C18H19N3O3. The lowest BCUT2D eigenvalue weighted by molar-refractivity contribution is 0.0846. The molecule has 3 aromatic rings. The van der Waals surface area contributed by atoms with Crippen LogP contribution in [0.1, 0.15) is 43.5 Å². The van der Waals surface area contributed by atoms with E-state index in [0.717, 1.165) is 22.2 Å². The third-order valence-electron chi connectivity index (χ3n) is 4.15. The highest BCUT2D eigenvalue weighted by Gasteiger charge is 2.15. The van der Waals surface area contributed by atoms with Crippen molar-refractivity contribution in [3.05, 3.63) is 58.2 Å². The van der Waals surface area contributed by atoms with Gasteiger partial charge in [-0.15, -0.1) is 0 Å². The Morgan fingerprint density at radius 1 is 1.00 bits per heavy atom. The predicted octanol–water partition coefficient (Wildman–Crippen LogP) is 3.07. The number of hydrogen-bond donors (Lipinski definition) is 3. The number of H-pyrrole nitrogens is 1. The minimum atomic E-state index is -0.410. The molecule has 0 saturated heterocycles. The number of hydrogen-bond acceptors (Lipinski definition) is 3. The molecule has 0 aliphatic rings. The first-order valence-corrected chi connectivity index (χ1v) is 7.63. The smallest absolute Gasteiger partial charge is 0.273 e. The van der Waals surface area contributed by atoms with E-state index in [0.29, 0.717) is 22.6 Å². The molecule has 6 nitrogen and oxygen atoms in total. The zero-order valence-corrected chi connectivity index (χ0v) is 14.0. The number of furan rings is 1. The van der Waals surface area contributed by atoms with Gasteiger partial charge >= 0.3 is 0 Å². The molecule has 2 heterocycles. The Kier molecular flexibility index (Phi) is 3.89. The summed E-state index contributed by atoms with van der Waals surface area (Å²) in [6.45, 7) is 7.46. The highest BCUT2D eigenvalue weighted by atomic mass is 16.3. The van der Waals surface area contributed by atoms with Gasteiger partial charge in [0.25, 0.3) is 11.8 Å². The van der Waals surface area contributed by atoms with Crippen LogP contribution < -0.4 is 10.9 Å². The van der Waals surface area contributed by atoms with Gasteiger partial charge in [0.2, 0.25) is 0 Å². The Bertz CT molecular complexity index is 950. The first kappa shape index (κ1) is 15.9. The lowest BCUT2D eigenvalue weighted by Gasteiger charge is -2.07. The van der Waals surface area contributed by atoms with Crippen LogP contribution in [-0.2, 0) is 0 Å². The molecule has 0 saturated carbocycles. The molecule has 0 aliphatic heterocycles. The number of benzene rings is 1. The molecule has 0 atom stereocenters. The standard InChI is InChI=1S/C18H19N3O3/c1-9-7-15(12(4)24-9)18(23)21-20-17(22)13-5-6-16-14(8-13)10(2)11(3)19-16/h5-8,19H,1-4H3,(H,20,22)(H,21,23). The number of hydrazine groups is 1. The fraction of sp³-hybridized carbons (Fsp3) is 0.222. The molecule has 0 unspecified atom stereocenters. The predicted molar refractivity (Wildman–Crippen MR) is 90.9 cm³/mol. The van der Waals surface area contributed by atoms with Crippen LogP contribution in [0.2, 0.25) is 0 Å². The first-order valence-electron chi connectivity index (χ1n) is 7.63. The third-order valence-corrected chi connectivity index (χ3v) is 4.15. The van der Waals surface area contributed by atoms with Crippen molar-refractivity contribution in [3.8, 4) is 0 Å². The Morgan fingerprint density at radius 3 is 2.38 bits per heavy atom. The van der Waals surface area contributed by atoms with Crippen molar-refractivity contribution < 1.29 is 14.0 Å². The van der Waals surface area contributed by atoms with E-state index in [1.807, 2.05) is 26.0 Å². The van der Waals surface area contributed by atoms with Crippen LogP contribution in [0.4, 0.5) is 0 Å². The van der Waals surface area contributed by atoms with Crippen molar-refractivity contribution in [1.82, 2.24) is 15.8 Å². The normalized spacial score (nSPS) is 10.8. The summed E-state index contributed by atoms with van der Waals surface area (Å²) < 4.78 is 5.31. The fourth-order valence-electron chi connectivity index (χ4n) is 2.71. The van der Waals surface area contributed by atoms with Gasteiger partial charge in [0, 0.05) is 22.2 Å². The number of amides is 2. The lowest BCUT2D eigenvalue weighted by atomic mass is 10.1. The second kappa shape index (κ2) is 5.88. The summed E-state index contributed by atoms with van der Waals surface area (Å²) in [5.74, 6) is 0.376. The van der Waals surface area contributed by atoms with E-state index in [4.69, 9.17) is 4.42 Å². The molecule has 0 aliphatic carbocycles. The Labute approximate surface area is 139 Å². The summed E-state index contributed by atoms with van der Waals surface area (Å²) >= 11 is 0. The van der Waals surface area contributed by atoms with Crippen molar-refractivity contribution in [1.29, 1.82) is 0 Å². The molecule has 124 valence electrons. The maximum Gasteiger partial charge on any atom is 0.273 e. The van der Waals surface area contributed by atoms with Crippen molar-refractivity contribution in [2.75, 3.05) is 0 Å². The zero-order chi connectivity index (χ0) is 17.4. The number of rotatable bonds is 2. The maximum absolute atomic E-state index is 12.3. The SMILES string of the molecule is Cc1cc(C(=O)NNC(=O)c2ccc3[nH]c(C)c(C)c3c2)c(C)o1. The Morgan fingerprint density at radius 2 is 1.71 bits per heavy atom. The van der Waals surface area contributed by atoms with Gasteiger partial charge in [0.05, 0.1) is 5.56 Å². The van der Waals surface area contributed by atoms with Crippen LogP contribution in [0.3, 0.4) is 0 Å². The molecule has 0 fully saturated rings. The minimum Gasteiger partial charge on any atom is -0.466 e. The molecule has 0 radical (unpaired) electrons.